The van der Waals surface area contributed by atoms with E-state index < -0.39 is 22.0 Å². The zero-order chi connectivity index (χ0) is 17.2. The summed E-state index contributed by atoms with van der Waals surface area (Å²) in [6, 6.07) is 17.0. The van der Waals surface area contributed by atoms with Crippen LogP contribution in [0.25, 0.3) is 0 Å². The van der Waals surface area contributed by atoms with Crippen molar-refractivity contribution >= 4 is 15.5 Å². The second-order valence-electron chi connectivity index (χ2n) is 6.34. The lowest BCUT2D eigenvalue weighted by atomic mass is 10.1. The number of anilines is 1. The Hall–Kier alpha value is -1.89. The van der Waals surface area contributed by atoms with Crippen LogP contribution in [0.5, 0.6) is 0 Å². The summed E-state index contributed by atoms with van der Waals surface area (Å²) in [5.74, 6) is -0.166. The molecule has 3 rings (SSSR count). The van der Waals surface area contributed by atoms with Crippen molar-refractivity contribution in [3.8, 4) is 0 Å². The molecular weight excluding hydrogens is 324 g/mol. The zero-order valence-corrected chi connectivity index (χ0v) is 14.2. The minimum absolute atomic E-state index is 0.00400. The summed E-state index contributed by atoms with van der Waals surface area (Å²) >= 11 is 0. The van der Waals surface area contributed by atoms with Crippen molar-refractivity contribution in [3.63, 3.8) is 0 Å². The molecule has 1 fully saturated rings. The summed E-state index contributed by atoms with van der Waals surface area (Å²) in [5, 5.41) is 10.3. The number of sulfone groups is 1. The van der Waals surface area contributed by atoms with Crippen molar-refractivity contribution < 1.29 is 13.5 Å². The summed E-state index contributed by atoms with van der Waals surface area (Å²) in [7, 11) is -3.19. The van der Waals surface area contributed by atoms with Crippen molar-refractivity contribution in [3.05, 3.63) is 65.7 Å². The zero-order valence-electron chi connectivity index (χ0n) is 13.4. The highest BCUT2D eigenvalue weighted by atomic mass is 32.2. The predicted molar refractivity (Wildman–Crippen MR) is 95.0 cm³/mol. The van der Waals surface area contributed by atoms with Gasteiger partial charge in [-0.15, -0.1) is 0 Å². The summed E-state index contributed by atoms with van der Waals surface area (Å²) in [5.41, 5.74) is 8.55. The van der Waals surface area contributed by atoms with Crippen LogP contribution in [0.2, 0.25) is 0 Å². The van der Waals surface area contributed by atoms with Crippen LogP contribution < -0.4 is 5.73 Å². The second-order valence-corrected chi connectivity index (χ2v) is 8.50. The molecule has 0 radical (unpaired) electrons. The molecular formula is C18H22N2O3S. The molecule has 24 heavy (non-hydrogen) atoms. The molecule has 0 amide bonds. The van der Waals surface area contributed by atoms with Crippen molar-refractivity contribution in [2.45, 2.75) is 25.2 Å². The Bertz CT molecular complexity index is 776. The van der Waals surface area contributed by atoms with Gasteiger partial charge in [0, 0.05) is 18.8 Å². The van der Waals surface area contributed by atoms with E-state index in [0.29, 0.717) is 18.8 Å². The van der Waals surface area contributed by atoms with Crippen LogP contribution in [0.3, 0.4) is 0 Å². The van der Waals surface area contributed by atoms with Crippen LogP contribution in [0.15, 0.2) is 54.6 Å². The van der Waals surface area contributed by atoms with Gasteiger partial charge in [0.05, 0.1) is 23.7 Å². The number of nitrogen functional groups attached to an aromatic ring is 1. The van der Waals surface area contributed by atoms with Gasteiger partial charge in [-0.3, -0.25) is 4.90 Å². The highest BCUT2D eigenvalue weighted by Crippen LogP contribution is 2.23. The lowest BCUT2D eigenvalue weighted by molar-refractivity contribution is 0.0731. The van der Waals surface area contributed by atoms with Crippen LogP contribution in [-0.4, -0.2) is 42.1 Å². The van der Waals surface area contributed by atoms with Crippen LogP contribution in [-0.2, 0) is 22.9 Å². The molecule has 2 aromatic carbocycles. The number of nitrogens with zero attached hydrogens (tertiary/aromatic N) is 1. The van der Waals surface area contributed by atoms with Crippen LogP contribution in [0, 0.1) is 0 Å². The number of nitrogens with two attached hydrogens (primary N) is 1. The third-order valence-corrected chi connectivity index (χ3v) is 6.06. The first-order chi connectivity index (χ1) is 11.4. The molecule has 0 bridgehead atoms. The van der Waals surface area contributed by atoms with Gasteiger partial charge >= 0.3 is 0 Å². The summed E-state index contributed by atoms with van der Waals surface area (Å²) in [6.45, 7) is 1.15. The molecule has 1 aliphatic heterocycles. The van der Waals surface area contributed by atoms with Crippen molar-refractivity contribution in [1.82, 2.24) is 4.90 Å². The van der Waals surface area contributed by atoms with Gasteiger partial charge in [0.25, 0.3) is 0 Å². The third-order valence-electron chi connectivity index (χ3n) is 4.36. The lowest BCUT2D eigenvalue weighted by Gasteiger charge is -2.30. The van der Waals surface area contributed by atoms with Gasteiger partial charge in [-0.1, -0.05) is 42.5 Å². The number of benzene rings is 2. The van der Waals surface area contributed by atoms with E-state index >= 15 is 0 Å². The molecule has 5 nitrogen and oxygen atoms in total. The fourth-order valence-corrected chi connectivity index (χ4v) is 4.96. The van der Waals surface area contributed by atoms with Gasteiger partial charge in [-0.25, -0.2) is 8.42 Å². The predicted octanol–water partition coefficient (Wildman–Crippen LogP) is 1.43. The maximum atomic E-state index is 11.9. The van der Waals surface area contributed by atoms with Crippen LogP contribution >= 0.6 is 0 Å². The highest BCUT2D eigenvalue weighted by molar-refractivity contribution is 7.91. The molecule has 0 unspecified atom stereocenters. The monoisotopic (exact) mass is 346 g/mol. The quantitative estimate of drug-likeness (QED) is 0.800. The molecule has 2 atom stereocenters. The Balaban J connectivity index is 1.84. The summed E-state index contributed by atoms with van der Waals surface area (Å²) < 4.78 is 23.8. The normalized spacial score (nSPS) is 22.8. The van der Waals surface area contributed by atoms with E-state index in [9.17, 15) is 13.5 Å². The Morgan fingerprint density at radius 2 is 1.54 bits per heavy atom. The minimum atomic E-state index is -3.19. The Morgan fingerprint density at radius 3 is 2.08 bits per heavy atom. The largest absolute Gasteiger partial charge is 0.399 e. The SMILES string of the molecule is Nc1ccc(CN(Cc2ccccc2)[C@H]2CS(=O)(=O)C[C@@H]2O)cc1. The Kier molecular flexibility index (Phi) is 4.89. The van der Waals surface area contributed by atoms with Gasteiger partial charge in [0.15, 0.2) is 9.84 Å². The second kappa shape index (κ2) is 6.93. The topological polar surface area (TPSA) is 83.6 Å². The number of aliphatic hydroxyl groups excluding tert-OH is 1. The fraction of sp³-hybridized carbons (Fsp3) is 0.333. The summed E-state index contributed by atoms with van der Waals surface area (Å²) in [6.07, 6.45) is -0.854. The number of aliphatic hydroxyl groups is 1. The van der Waals surface area contributed by atoms with Crippen molar-refractivity contribution in [1.29, 1.82) is 0 Å². The average Bonchev–Trinajstić information content (AvgIpc) is 2.83. The van der Waals surface area contributed by atoms with E-state index in [-0.39, 0.29) is 11.5 Å². The van der Waals surface area contributed by atoms with Crippen LogP contribution in [0.4, 0.5) is 5.69 Å². The van der Waals surface area contributed by atoms with Crippen molar-refractivity contribution in [2.75, 3.05) is 17.2 Å². The first-order valence-electron chi connectivity index (χ1n) is 7.94. The molecule has 1 aliphatic rings. The molecule has 1 heterocycles. The number of rotatable bonds is 5. The lowest BCUT2D eigenvalue weighted by Crippen LogP contribution is -2.42. The van der Waals surface area contributed by atoms with Crippen molar-refractivity contribution in [2.24, 2.45) is 0 Å². The first-order valence-corrected chi connectivity index (χ1v) is 9.76. The molecule has 0 spiro atoms. The molecule has 128 valence electrons. The maximum absolute atomic E-state index is 11.9. The average molecular weight is 346 g/mol. The molecule has 0 aromatic heterocycles. The van der Waals surface area contributed by atoms with E-state index in [1.54, 1.807) is 0 Å². The van der Waals surface area contributed by atoms with E-state index in [1.165, 1.54) is 0 Å². The molecule has 6 heteroatoms. The van der Waals surface area contributed by atoms with E-state index in [4.69, 9.17) is 5.73 Å². The fourth-order valence-electron chi connectivity index (χ4n) is 3.13. The van der Waals surface area contributed by atoms with Gasteiger partial charge in [0.2, 0.25) is 0 Å². The van der Waals surface area contributed by atoms with Gasteiger partial charge in [0.1, 0.15) is 0 Å². The highest BCUT2D eigenvalue weighted by Gasteiger charge is 2.39. The molecule has 2 aromatic rings. The minimum Gasteiger partial charge on any atom is -0.399 e. The van der Waals surface area contributed by atoms with Gasteiger partial charge in [-0.05, 0) is 23.3 Å². The first kappa shape index (κ1) is 17.0. The Morgan fingerprint density at radius 1 is 0.958 bits per heavy atom. The molecule has 1 saturated heterocycles. The number of hydrogen-bond donors (Lipinski definition) is 2. The maximum Gasteiger partial charge on any atom is 0.154 e. The van der Waals surface area contributed by atoms with E-state index in [1.807, 2.05) is 59.5 Å². The molecule has 0 saturated carbocycles. The third kappa shape index (κ3) is 4.14. The smallest absolute Gasteiger partial charge is 0.154 e. The molecule has 3 N–H and O–H groups in total. The van der Waals surface area contributed by atoms with E-state index in [0.717, 1.165) is 11.1 Å². The standard InChI is InChI=1S/C18H22N2O3S/c19-16-8-6-15(7-9-16)11-20(10-14-4-2-1-3-5-14)17-12-24(22,23)13-18(17)21/h1-9,17-18,21H,10-13,19H2/t17-,18-/m0/s1. The molecule has 0 aliphatic carbocycles. The van der Waals surface area contributed by atoms with E-state index in [2.05, 4.69) is 0 Å². The van der Waals surface area contributed by atoms with Crippen LogP contribution in [0.1, 0.15) is 11.1 Å². The number of hydrogen-bond acceptors (Lipinski definition) is 5. The summed E-state index contributed by atoms with van der Waals surface area (Å²) in [4.78, 5) is 2.04. The van der Waals surface area contributed by atoms with Gasteiger partial charge in [-0.2, -0.15) is 0 Å². The Labute approximate surface area is 142 Å². The van der Waals surface area contributed by atoms with Gasteiger partial charge < -0.3 is 10.8 Å².